The molecule has 0 aromatic heterocycles. The highest BCUT2D eigenvalue weighted by Gasteiger charge is 2.47. The number of benzene rings is 3. The SMILES string of the molecule is COc1cc(C)c(/C(O)=C2\C(=O)C(=O)N(c3ccc(C)cc3)C2c2ccc(N(C)C)cc2)cc1C. The molecule has 1 saturated heterocycles. The number of anilines is 2. The van der Waals surface area contributed by atoms with E-state index in [2.05, 4.69) is 0 Å². The maximum absolute atomic E-state index is 13.4. The molecule has 1 aliphatic rings. The van der Waals surface area contributed by atoms with Crippen LogP contribution in [-0.4, -0.2) is 38.0 Å². The number of hydrogen-bond acceptors (Lipinski definition) is 5. The molecule has 180 valence electrons. The van der Waals surface area contributed by atoms with Gasteiger partial charge >= 0.3 is 0 Å². The fourth-order valence-electron chi connectivity index (χ4n) is 4.48. The third-order valence-corrected chi connectivity index (χ3v) is 6.48. The number of carbonyl (C=O) groups excluding carboxylic acids is 2. The Balaban J connectivity index is 1.95. The topological polar surface area (TPSA) is 70.1 Å². The first-order valence-corrected chi connectivity index (χ1v) is 11.4. The van der Waals surface area contributed by atoms with E-state index >= 15 is 0 Å². The molecule has 3 aromatic rings. The number of ether oxygens (including phenoxy) is 1. The van der Waals surface area contributed by atoms with Crippen LogP contribution in [0.4, 0.5) is 11.4 Å². The number of hydrogen-bond donors (Lipinski definition) is 1. The van der Waals surface area contributed by atoms with Crippen molar-refractivity contribution in [3.8, 4) is 5.75 Å². The van der Waals surface area contributed by atoms with Gasteiger partial charge in [-0.05, 0) is 73.9 Å². The fourth-order valence-corrected chi connectivity index (χ4v) is 4.48. The second-order valence-electron chi connectivity index (χ2n) is 9.13. The van der Waals surface area contributed by atoms with Gasteiger partial charge in [-0.3, -0.25) is 14.5 Å². The van der Waals surface area contributed by atoms with Crippen molar-refractivity contribution in [3.63, 3.8) is 0 Å². The van der Waals surface area contributed by atoms with Gasteiger partial charge in [0.05, 0.1) is 18.7 Å². The summed E-state index contributed by atoms with van der Waals surface area (Å²) >= 11 is 0. The smallest absolute Gasteiger partial charge is 0.300 e. The minimum atomic E-state index is -0.768. The molecular weight excluding hydrogens is 440 g/mol. The average Bonchev–Trinajstić information content (AvgIpc) is 3.10. The molecule has 4 rings (SSSR count). The normalized spacial score (nSPS) is 17.1. The Bertz CT molecular complexity index is 1320. The zero-order chi connectivity index (χ0) is 25.4. The largest absolute Gasteiger partial charge is 0.507 e. The first kappa shape index (κ1) is 24.1. The maximum atomic E-state index is 13.4. The monoisotopic (exact) mass is 470 g/mol. The average molecular weight is 471 g/mol. The Hall–Kier alpha value is -4.06. The van der Waals surface area contributed by atoms with Crippen LogP contribution in [0.2, 0.25) is 0 Å². The number of rotatable bonds is 5. The summed E-state index contributed by atoms with van der Waals surface area (Å²) in [7, 11) is 5.48. The molecule has 0 bridgehead atoms. The lowest BCUT2D eigenvalue weighted by molar-refractivity contribution is -0.132. The molecule has 0 aliphatic carbocycles. The number of methoxy groups -OCH3 is 1. The predicted octanol–water partition coefficient (Wildman–Crippen LogP) is 5.31. The first-order valence-electron chi connectivity index (χ1n) is 11.4. The summed E-state index contributed by atoms with van der Waals surface area (Å²) in [5.41, 5.74) is 5.50. The van der Waals surface area contributed by atoms with E-state index in [0.717, 1.165) is 27.9 Å². The summed E-state index contributed by atoms with van der Waals surface area (Å²) in [5.74, 6) is -0.879. The summed E-state index contributed by atoms with van der Waals surface area (Å²) in [5, 5.41) is 11.5. The molecule has 0 spiro atoms. The van der Waals surface area contributed by atoms with Crippen LogP contribution in [0.15, 0.2) is 66.2 Å². The number of aliphatic hydroxyl groups excluding tert-OH is 1. The molecule has 6 nitrogen and oxygen atoms in total. The molecule has 35 heavy (non-hydrogen) atoms. The van der Waals surface area contributed by atoms with Gasteiger partial charge in [0.25, 0.3) is 11.7 Å². The number of ketones is 1. The van der Waals surface area contributed by atoms with Crippen molar-refractivity contribution in [1.82, 2.24) is 0 Å². The summed E-state index contributed by atoms with van der Waals surface area (Å²) < 4.78 is 5.40. The molecule has 1 unspecified atom stereocenters. The molecule has 0 radical (unpaired) electrons. The lowest BCUT2D eigenvalue weighted by atomic mass is 9.92. The highest BCUT2D eigenvalue weighted by Crippen LogP contribution is 2.43. The molecule has 6 heteroatoms. The van der Waals surface area contributed by atoms with Crippen molar-refractivity contribution in [2.75, 3.05) is 31.0 Å². The number of nitrogens with zero attached hydrogens (tertiary/aromatic N) is 2. The Kier molecular flexibility index (Phi) is 6.39. The summed E-state index contributed by atoms with van der Waals surface area (Å²) in [6.07, 6.45) is 0. The Labute approximate surface area is 206 Å². The number of Topliss-reactive ketones (excluding diaryl/α,β-unsaturated/α-hetero) is 1. The van der Waals surface area contributed by atoms with Crippen molar-refractivity contribution >= 4 is 28.8 Å². The summed E-state index contributed by atoms with van der Waals surface area (Å²) in [4.78, 5) is 30.2. The molecule has 1 atom stereocenters. The van der Waals surface area contributed by atoms with Gasteiger partial charge in [0.15, 0.2) is 0 Å². The van der Waals surface area contributed by atoms with Gasteiger partial charge in [0, 0.05) is 31.0 Å². The minimum absolute atomic E-state index is 0.0702. The third kappa shape index (κ3) is 4.28. The molecular formula is C29H30N2O4. The number of aliphatic hydroxyl groups is 1. The van der Waals surface area contributed by atoms with Crippen LogP contribution in [-0.2, 0) is 9.59 Å². The molecule has 0 saturated carbocycles. The first-order chi connectivity index (χ1) is 16.6. The van der Waals surface area contributed by atoms with Crippen LogP contribution < -0.4 is 14.5 Å². The van der Waals surface area contributed by atoms with Gasteiger partial charge in [-0.1, -0.05) is 29.8 Å². The van der Waals surface area contributed by atoms with Gasteiger partial charge in [0.1, 0.15) is 11.5 Å². The van der Waals surface area contributed by atoms with E-state index in [9.17, 15) is 14.7 Å². The number of aryl methyl sites for hydroxylation is 3. The number of carbonyl (C=O) groups is 2. The Morgan fingerprint density at radius 3 is 2.11 bits per heavy atom. The zero-order valence-corrected chi connectivity index (χ0v) is 20.9. The molecule has 1 N–H and O–H groups in total. The van der Waals surface area contributed by atoms with Crippen molar-refractivity contribution in [3.05, 3.63) is 94.1 Å². The Morgan fingerprint density at radius 1 is 0.914 bits per heavy atom. The van der Waals surface area contributed by atoms with Crippen LogP contribution in [0.5, 0.6) is 5.75 Å². The molecule has 1 fully saturated rings. The van der Waals surface area contributed by atoms with Crippen LogP contribution >= 0.6 is 0 Å². The maximum Gasteiger partial charge on any atom is 0.300 e. The van der Waals surface area contributed by atoms with Crippen molar-refractivity contribution in [2.45, 2.75) is 26.8 Å². The van der Waals surface area contributed by atoms with Crippen LogP contribution in [0.3, 0.4) is 0 Å². The lowest BCUT2D eigenvalue weighted by Gasteiger charge is -2.26. The molecule has 1 amide bonds. The highest BCUT2D eigenvalue weighted by atomic mass is 16.5. The van der Waals surface area contributed by atoms with Gasteiger partial charge in [-0.15, -0.1) is 0 Å². The van der Waals surface area contributed by atoms with Gasteiger partial charge < -0.3 is 14.7 Å². The third-order valence-electron chi connectivity index (χ3n) is 6.48. The second-order valence-corrected chi connectivity index (χ2v) is 9.13. The van der Waals surface area contributed by atoms with E-state index in [0.29, 0.717) is 17.0 Å². The molecule has 1 heterocycles. The second kappa shape index (κ2) is 9.29. The highest BCUT2D eigenvalue weighted by molar-refractivity contribution is 6.51. The molecule has 3 aromatic carbocycles. The number of amides is 1. The van der Waals surface area contributed by atoms with E-state index in [-0.39, 0.29) is 11.3 Å². The lowest BCUT2D eigenvalue weighted by Crippen LogP contribution is -2.29. The van der Waals surface area contributed by atoms with Gasteiger partial charge in [-0.25, -0.2) is 0 Å². The van der Waals surface area contributed by atoms with Crippen LogP contribution in [0, 0.1) is 20.8 Å². The van der Waals surface area contributed by atoms with Crippen molar-refractivity contribution < 1.29 is 19.4 Å². The molecule has 1 aliphatic heterocycles. The van der Waals surface area contributed by atoms with E-state index in [1.165, 1.54) is 4.90 Å². The van der Waals surface area contributed by atoms with E-state index in [4.69, 9.17) is 4.74 Å². The fraction of sp³-hybridized carbons (Fsp3) is 0.241. The van der Waals surface area contributed by atoms with E-state index in [1.807, 2.05) is 94.4 Å². The van der Waals surface area contributed by atoms with Crippen LogP contribution in [0.25, 0.3) is 5.76 Å². The summed E-state index contributed by atoms with van der Waals surface area (Å²) in [6.45, 7) is 5.68. The minimum Gasteiger partial charge on any atom is -0.507 e. The standard InChI is InChI=1S/C29H30N2O4/c1-17-7-11-22(12-8-17)31-26(20-9-13-21(14-10-20)30(4)5)25(28(33)29(31)34)27(32)23-15-19(3)24(35-6)16-18(23)2/h7-16,26,32H,1-6H3/b27-25+. The van der Waals surface area contributed by atoms with E-state index < -0.39 is 17.7 Å². The quantitative estimate of drug-likeness (QED) is 0.311. The van der Waals surface area contributed by atoms with Gasteiger partial charge in [-0.2, -0.15) is 0 Å². The Morgan fingerprint density at radius 2 is 1.54 bits per heavy atom. The van der Waals surface area contributed by atoms with Crippen molar-refractivity contribution in [2.24, 2.45) is 0 Å². The van der Waals surface area contributed by atoms with Crippen molar-refractivity contribution in [1.29, 1.82) is 0 Å². The van der Waals surface area contributed by atoms with E-state index in [1.54, 1.807) is 13.2 Å². The zero-order valence-electron chi connectivity index (χ0n) is 20.9. The summed E-state index contributed by atoms with van der Waals surface area (Å²) in [6, 6.07) is 18.0. The van der Waals surface area contributed by atoms with Crippen LogP contribution in [0.1, 0.15) is 33.9 Å². The predicted molar refractivity (Wildman–Crippen MR) is 139 cm³/mol. The van der Waals surface area contributed by atoms with Gasteiger partial charge in [0.2, 0.25) is 0 Å².